The first-order chi connectivity index (χ1) is 5.34. The molecule has 0 aliphatic rings. The van der Waals surface area contributed by atoms with Crippen LogP contribution in [0.3, 0.4) is 0 Å². The molecule has 0 saturated heterocycles. The number of aliphatic hydroxyl groups excluding tert-OH is 1. The molecule has 0 saturated carbocycles. The predicted octanol–water partition coefficient (Wildman–Crippen LogP) is 1.49. The molecule has 0 heterocycles. The van der Waals surface area contributed by atoms with E-state index in [4.69, 9.17) is 5.11 Å². The molecule has 2 heteroatoms. The molecule has 0 aliphatic heterocycles. The summed E-state index contributed by atoms with van der Waals surface area (Å²) in [5.41, 5.74) is 0. The molecule has 2 nitrogen and oxygen atoms in total. The van der Waals surface area contributed by atoms with Crippen LogP contribution in [0.15, 0.2) is 0 Å². The second-order valence-electron chi connectivity index (χ2n) is 4.65. The molecule has 0 rings (SSSR count). The Bertz CT molecular complexity index is 132. The van der Waals surface area contributed by atoms with Gasteiger partial charge in [0, 0.05) is 5.92 Å². The lowest BCUT2D eigenvalue weighted by molar-refractivity contribution is -0.938. The van der Waals surface area contributed by atoms with E-state index in [9.17, 15) is 0 Å². The van der Waals surface area contributed by atoms with Crippen molar-refractivity contribution in [1.82, 2.24) is 0 Å². The average Bonchev–Trinajstić information content (AvgIpc) is 2.01. The first-order valence-electron chi connectivity index (χ1n) is 4.78. The van der Waals surface area contributed by atoms with Crippen LogP contribution < -0.4 is 0 Å². The van der Waals surface area contributed by atoms with E-state index in [1.54, 1.807) is 0 Å². The first kappa shape index (κ1) is 11.9. The topological polar surface area (TPSA) is 20.2 Å². The molecule has 0 spiro atoms. The first-order valence-corrected chi connectivity index (χ1v) is 4.78. The number of nitrogens with zero attached hydrogens (tertiary/aromatic N) is 1. The van der Waals surface area contributed by atoms with Crippen LogP contribution in [-0.4, -0.2) is 42.4 Å². The number of likely N-dealkylation sites (N-methyl/N-ethyl adjacent to an activating group) is 1. The summed E-state index contributed by atoms with van der Waals surface area (Å²) in [4.78, 5) is 0. The van der Waals surface area contributed by atoms with Crippen molar-refractivity contribution in [3.05, 3.63) is 0 Å². The van der Waals surface area contributed by atoms with Crippen LogP contribution in [0, 0.1) is 5.92 Å². The van der Waals surface area contributed by atoms with Crippen LogP contribution in [0.5, 0.6) is 0 Å². The number of hydrogen-bond donors (Lipinski definition) is 1. The van der Waals surface area contributed by atoms with E-state index in [1.807, 2.05) is 0 Å². The van der Waals surface area contributed by atoms with Gasteiger partial charge in [-0.1, -0.05) is 13.8 Å². The van der Waals surface area contributed by atoms with Gasteiger partial charge in [0.15, 0.2) is 0 Å². The van der Waals surface area contributed by atoms with Crippen molar-refractivity contribution in [2.75, 3.05) is 20.7 Å². The van der Waals surface area contributed by atoms with Gasteiger partial charge in [0.25, 0.3) is 0 Å². The van der Waals surface area contributed by atoms with E-state index in [0.717, 1.165) is 4.48 Å². The molecule has 0 aromatic heterocycles. The molecular formula is C10H24NO+. The van der Waals surface area contributed by atoms with Gasteiger partial charge >= 0.3 is 0 Å². The largest absolute Gasteiger partial charge is 0.390 e. The van der Waals surface area contributed by atoms with Gasteiger partial charge in [0.1, 0.15) is 6.04 Å². The minimum Gasteiger partial charge on any atom is -0.390 e. The van der Waals surface area contributed by atoms with Crippen LogP contribution in [0.25, 0.3) is 0 Å². The smallest absolute Gasteiger partial charge is 0.109 e. The van der Waals surface area contributed by atoms with Crippen LogP contribution in [0.1, 0.15) is 27.7 Å². The van der Waals surface area contributed by atoms with Crippen molar-refractivity contribution in [2.45, 2.75) is 39.8 Å². The minimum atomic E-state index is 0.268. The third-order valence-electron chi connectivity index (χ3n) is 3.41. The second kappa shape index (κ2) is 4.24. The van der Waals surface area contributed by atoms with Crippen LogP contribution in [-0.2, 0) is 0 Å². The highest BCUT2D eigenvalue weighted by molar-refractivity contribution is 4.59. The lowest BCUT2D eigenvalue weighted by Crippen LogP contribution is -2.56. The van der Waals surface area contributed by atoms with Crippen LogP contribution in [0.2, 0.25) is 0 Å². The molecule has 0 bridgehead atoms. The van der Waals surface area contributed by atoms with Crippen molar-refractivity contribution < 1.29 is 9.59 Å². The maximum absolute atomic E-state index is 9.09. The van der Waals surface area contributed by atoms with Crippen LogP contribution in [0.4, 0.5) is 0 Å². The summed E-state index contributed by atoms with van der Waals surface area (Å²) in [5.74, 6) is 0.661. The minimum absolute atomic E-state index is 0.268. The molecule has 74 valence electrons. The highest BCUT2D eigenvalue weighted by Crippen LogP contribution is 2.18. The Morgan fingerprint density at radius 2 is 1.50 bits per heavy atom. The second-order valence-corrected chi connectivity index (χ2v) is 4.65. The summed E-state index contributed by atoms with van der Waals surface area (Å²) < 4.78 is 0.897. The summed E-state index contributed by atoms with van der Waals surface area (Å²) in [5, 5.41) is 9.09. The number of aliphatic hydroxyl groups is 1. The molecule has 1 N–H and O–H groups in total. The Kier molecular flexibility index (Phi) is 4.21. The monoisotopic (exact) mass is 174 g/mol. The standard InChI is InChI=1S/C10H24NO/c1-8(2)10(4)11(5,6)9(3)7-12/h8-10,12H,7H2,1-6H3/q+1/t9?,10-/m1/s1. The third-order valence-corrected chi connectivity index (χ3v) is 3.41. The molecule has 1 unspecified atom stereocenters. The zero-order chi connectivity index (χ0) is 9.94. The highest BCUT2D eigenvalue weighted by atomic mass is 16.3. The zero-order valence-electron chi connectivity index (χ0n) is 9.33. The van der Waals surface area contributed by atoms with E-state index in [0.29, 0.717) is 18.0 Å². The van der Waals surface area contributed by atoms with Crippen molar-refractivity contribution in [1.29, 1.82) is 0 Å². The van der Waals surface area contributed by atoms with Gasteiger partial charge in [-0.2, -0.15) is 0 Å². The van der Waals surface area contributed by atoms with E-state index < -0.39 is 0 Å². The van der Waals surface area contributed by atoms with Crippen LogP contribution >= 0.6 is 0 Å². The van der Waals surface area contributed by atoms with Gasteiger partial charge in [0.2, 0.25) is 0 Å². The Morgan fingerprint density at radius 3 is 1.75 bits per heavy atom. The molecule has 0 aromatic rings. The average molecular weight is 174 g/mol. The summed E-state index contributed by atoms with van der Waals surface area (Å²) >= 11 is 0. The summed E-state index contributed by atoms with van der Waals surface area (Å²) in [6, 6.07) is 0.912. The van der Waals surface area contributed by atoms with Crippen molar-refractivity contribution in [2.24, 2.45) is 5.92 Å². The molecule has 0 amide bonds. The normalized spacial score (nSPS) is 18.0. The quantitative estimate of drug-likeness (QED) is 0.640. The van der Waals surface area contributed by atoms with E-state index in [2.05, 4.69) is 41.8 Å². The molecule has 0 aromatic carbocycles. The van der Waals surface area contributed by atoms with Gasteiger partial charge < -0.3 is 9.59 Å². The van der Waals surface area contributed by atoms with Gasteiger partial charge in [-0.3, -0.25) is 0 Å². The predicted molar refractivity (Wildman–Crippen MR) is 53.0 cm³/mol. The fraction of sp³-hybridized carbons (Fsp3) is 1.00. The Morgan fingerprint density at radius 1 is 1.08 bits per heavy atom. The summed E-state index contributed by atoms with van der Waals surface area (Å²) in [6.45, 7) is 9.07. The van der Waals surface area contributed by atoms with Gasteiger partial charge in [-0.05, 0) is 13.8 Å². The fourth-order valence-corrected chi connectivity index (χ4v) is 1.38. The fourth-order valence-electron chi connectivity index (χ4n) is 1.38. The maximum Gasteiger partial charge on any atom is 0.109 e. The maximum atomic E-state index is 9.09. The molecule has 0 radical (unpaired) electrons. The molecule has 0 fully saturated rings. The highest BCUT2D eigenvalue weighted by Gasteiger charge is 2.31. The Hall–Kier alpha value is -0.0800. The third kappa shape index (κ3) is 2.46. The number of rotatable bonds is 4. The molecule has 0 aliphatic carbocycles. The number of quaternary nitrogens is 1. The Labute approximate surface area is 76.8 Å². The molecular weight excluding hydrogens is 150 g/mol. The van der Waals surface area contributed by atoms with Crippen molar-refractivity contribution in [3.63, 3.8) is 0 Å². The Balaban J connectivity index is 4.37. The zero-order valence-corrected chi connectivity index (χ0v) is 9.33. The molecule has 12 heavy (non-hydrogen) atoms. The van der Waals surface area contributed by atoms with Crippen molar-refractivity contribution >= 4 is 0 Å². The molecule has 2 atom stereocenters. The number of hydrogen-bond acceptors (Lipinski definition) is 1. The van der Waals surface area contributed by atoms with E-state index >= 15 is 0 Å². The van der Waals surface area contributed by atoms with E-state index in [-0.39, 0.29) is 6.61 Å². The lowest BCUT2D eigenvalue weighted by atomic mass is 10.0. The SMILES string of the molecule is CC(C)[C@@H](C)[N+](C)(C)C(C)CO. The van der Waals surface area contributed by atoms with Gasteiger partial charge in [0.05, 0.1) is 26.7 Å². The summed E-state index contributed by atoms with van der Waals surface area (Å²) in [7, 11) is 4.37. The van der Waals surface area contributed by atoms with Crippen molar-refractivity contribution in [3.8, 4) is 0 Å². The van der Waals surface area contributed by atoms with Gasteiger partial charge in [-0.25, -0.2) is 0 Å². The summed E-state index contributed by atoms with van der Waals surface area (Å²) in [6.07, 6.45) is 0. The van der Waals surface area contributed by atoms with E-state index in [1.165, 1.54) is 0 Å². The van der Waals surface area contributed by atoms with Gasteiger partial charge in [-0.15, -0.1) is 0 Å². The lowest BCUT2D eigenvalue weighted by Gasteiger charge is -2.42.